The molecule has 0 bridgehead atoms. The Morgan fingerprint density at radius 1 is 0.422 bits per heavy atom. The molecular formula is C42H25NOS. The molecule has 10 aromatic rings. The van der Waals surface area contributed by atoms with Crippen LogP contribution in [0.1, 0.15) is 0 Å². The summed E-state index contributed by atoms with van der Waals surface area (Å²) >= 11 is 1.86. The molecule has 0 atom stereocenters. The number of para-hydroxylation sites is 3. The molecular weight excluding hydrogens is 567 g/mol. The summed E-state index contributed by atoms with van der Waals surface area (Å²) in [5.41, 5.74) is 9.89. The molecule has 0 saturated heterocycles. The van der Waals surface area contributed by atoms with Crippen molar-refractivity contribution in [1.82, 2.24) is 4.57 Å². The summed E-state index contributed by atoms with van der Waals surface area (Å²) < 4.78 is 12.0. The summed E-state index contributed by atoms with van der Waals surface area (Å²) in [6.07, 6.45) is 0. The summed E-state index contributed by atoms with van der Waals surface area (Å²) in [7, 11) is 0. The zero-order valence-electron chi connectivity index (χ0n) is 24.2. The van der Waals surface area contributed by atoms with Crippen molar-refractivity contribution in [2.24, 2.45) is 0 Å². The van der Waals surface area contributed by atoms with Crippen molar-refractivity contribution < 1.29 is 4.42 Å². The van der Waals surface area contributed by atoms with Crippen LogP contribution in [0.4, 0.5) is 0 Å². The predicted molar refractivity (Wildman–Crippen MR) is 192 cm³/mol. The zero-order chi connectivity index (χ0) is 29.5. The Bertz CT molecular complexity index is 2710. The fourth-order valence-corrected chi connectivity index (χ4v) is 8.38. The number of rotatable bonds is 3. The molecule has 0 amide bonds. The number of nitrogens with zero attached hydrogens (tertiary/aromatic N) is 1. The molecule has 7 aromatic carbocycles. The van der Waals surface area contributed by atoms with Gasteiger partial charge in [-0.3, -0.25) is 0 Å². The molecule has 2 nitrogen and oxygen atoms in total. The molecule has 0 radical (unpaired) electrons. The second kappa shape index (κ2) is 9.43. The van der Waals surface area contributed by atoms with Crippen LogP contribution < -0.4 is 0 Å². The van der Waals surface area contributed by atoms with E-state index in [0.29, 0.717) is 0 Å². The van der Waals surface area contributed by atoms with E-state index in [2.05, 4.69) is 156 Å². The van der Waals surface area contributed by atoms with E-state index in [1.54, 1.807) is 0 Å². The summed E-state index contributed by atoms with van der Waals surface area (Å²) in [5.74, 6) is 0. The second-order valence-corrected chi connectivity index (χ2v) is 12.8. The summed E-state index contributed by atoms with van der Waals surface area (Å²) in [6.45, 7) is 0. The number of furan rings is 1. The van der Waals surface area contributed by atoms with Gasteiger partial charge >= 0.3 is 0 Å². The molecule has 0 fully saturated rings. The van der Waals surface area contributed by atoms with E-state index < -0.39 is 0 Å². The Hall–Kier alpha value is -5.64. The molecule has 210 valence electrons. The van der Waals surface area contributed by atoms with Crippen molar-refractivity contribution in [1.29, 1.82) is 0 Å². The first-order valence-electron chi connectivity index (χ1n) is 15.3. The van der Waals surface area contributed by atoms with Crippen molar-refractivity contribution >= 4 is 75.3 Å². The van der Waals surface area contributed by atoms with Crippen LogP contribution in [0.3, 0.4) is 0 Å². The number of fused-ring (bicyclic) bond motifs is 9. The van der Waals surface area contributed by atoms with Crippen LogP contribution in [0.25, 0.3) is 91.9 Å². The standard InChI is InChI=1S/C42H25NOS/c1-2-12-26(13-3-1)33-24-27(28-17-11-23-39-40(28)32-16-6-9-22-38(32)45-39)25-34-31-18-10-21-37(42(31)44-41(33)34)43-35-19-7-4-14-29(35)30-15-5-8-20-36(30)43/h1-25H. The lowest BCUT2D eigenvalue weighted by Crippen LogP contribution is -1.93. The van der Waals surface area contributed by atoms with Gasteiger partial charge in [0.25, 0.3) is 0 Å². The minimum Gasteiger partial charge on any atom is -0.453 e. The topological polar surface area (TPSA) is 18.1 Å². The normalized spacial score (nSPS) is 12.0. The second-order valence-electron chi connectivity index (χ2n) is 11.7. The van der Waals surface area contributed by atoms with E-state index in [9.17, 15) is 0 Å². The van der Waals surface area contributed by atoms with Crippen molar-refractivity contribution in [3.05, 3.63) is 152 Å². The van der Waals surface area contributed by atoms with E-state index >= 15 is 0 Å². The molecule has 0 saturated carbocycles. The summed E-state index contributed by atoms with van der Waals surface area (Å²) in [4.78, 5) is 0. The van der Waals surface area contributed by atoms with Crippen LogP contribution >= 0.6 is 11.3 Å². The molecule has 3 aromatic heterocycles. The number of benzene rings is 7. The van der Waals surface area contributed by atoms with E-state index in [4.69, 9.17) is 4.42 Å². The lowest BCUT2D eigenvalue weighted by Gasteiger charge is -2.10. The molecule has 0 aliphatic carbocycles. The van der Waals surface area contributed by atoms with Crippen LogP contribution in [0.2, 0.25) is 0 Å². The van der Waals surface area contributed by atoms with Gasteiger partial charge < -0.3 is 8.98 Å². The van der Waals surface area contributed by atoms with Crippen LogP contribution in [0, 0.1) is 0 Å². The third kappa shape index (κ3) is 3.56. The van der Waals surface area contributed by atoms with E-state index in [-0.39, 0.29) is 0 Å². The van der Waals surface area contributed by atoms with E-state index in [0.717, 1.165) is 38.8 Å². The molecule has 0 spiro atoms. The van der Waals surface area contributed by atoms with Crippen LogP contribution in [0.5, 0.6) is 0 Å². The SMILES string of the molecule is c1ccc(-c2cc(-c3cccc4sc5ccccc5c34)cc3c2oc2c(-n4c5ccccc5c5ccccc54)cccc23)cc1. The van der Waals surface area contributed by atoms with Gasteiger partial charge in [0.2, 0.25) is 0 Å². The van der Waals surface area contributed by atoms with Gasteiger partial charge in [0.1, 0.15) is 5.58 Å². The van der Waals surface area contributed by atoms with Gasteiger partial charge in [-0.25, -0.2) is 0 Å². The fourth-order valence-electron chi connectivity index (χ4n) is 7.25. The maximum atomic E-state index is 7.01. The fraction of sp³-hybridized carbons (Fsp3) is 0. The third-order valence-electron chi connectivity index (χ3n) is 9.20. The first kappa shape index (κ1) is 24.8. The number of hydrogen-bond donors (Lipinski definition) is 0. The Morgan fingerprint density at radius 3 is 1.87 bits per heavy atom. The van der Waals surface area contributed by atoms with Crippen LogP contribution in [0.15, 0.2) is 156 Å². The molecule has 10 rings (SSSR count). The molecule has 3 heteroatoms. The Morgan fingerprint density at radius 2 is 1.07 bits per heavy atom. The average Bonchev–Trinajstić information content (AvgIpc) is 3.78. The smallest absolute Gasteiger partial charge is 0.159 e. The van der Waals surface area contributed by atoms with Gasteiger partial charge in [-0.2, -0.15) is 0 Å². The van der Waals surface area contributed by atoms with Gasteiger partial charge in [-0.05, 0) is 59.2 Å². The Kier molecular flexibility index (Phi) is 5.19. The number of aromatic nitrogens is 1. The quantitative estimate of drug-likeness (QED) is 0.200. The van der Waals surface area contributed by atoms with Gasteiger partial charge in [-0.15, -0.1) is 11.3 Å². The van der Waals surface area contributed by atoms with Gasteiger partial charge in [0.15, 0.2) is 5.58 Å². The van der Waals surface area contributed by atoms with Crippen LogP contribution in [-0.2, 0) is 0 Å². The molecule has 45 heavy (non-hydrogen) atoms. The number of thiophene rings is 1. The third-order valence-corrected chi connectivity index (χ3v) is 10.3. The van der Waals surface area contributed by atoms with Gasteiger partial charge in [0, 0.05) is 47.3 Å². The number of hydrogen-bond acceptors (Lipinski definition) is 2. The monoisotopic (exact) mass is 591 g/mol. The van der Waals surface area contributed by atoms with Crippen LogP contribution in [-0.4, -0.2) is 4.57 Å². The first-order valence-corrected chi connectivity index (χ1v) is 16.1. The van der Waals surface area contributed by atoms with Gasteiger partial charge in [-0.1, -0.05) is 109 Å². The predicted octanol–water partition coefficient (Wildman–Crippen LogP) is 12.4. The summed E-state index contributed by atoms with van der Waals surface area (Å²) in [6, 6.07) is 54.6. The Labute approximate surface area is 263 Å². The van der Waals surface area contributed by atoms with Gasteiger partial charge in [0.05, 0.1) is 16.7 Å². The minimum absolute atomic E-state index is 0.896. The molecule has 0 aliphatic heterocycles. The highest BCUT2D eigenvalue weighted by Gasteiger charge is 2.21. The minimum atomic E-state index is 0.896. The van der Waals surface area contributed by atoms with E-state index in [1.165, 1.54) is 53.1 Å². The van der Waals surface area contributed by atoms with E-state index in [1.807, 2.05) is 11.3 Å². The highest BCUT2D eigenvalue weighted by Crippen LogP contribution is 2.45. The highest BCUT2D eigenvalue weighted by atomic mass is 32.1. The Balaban J connectivity index is 1.32. The molecule has 3 heterocycles. The lowest BCUT2D eigenvalue weighted by atomic mass is 9.93. The maximum Gasteiger partial charge on any atom is 0.159 e. The summed E-state index contributed by atoms with van der Waals surface area (Å²) in [5, 5.41) is 7.34. The average molecular weight is 592 g/mol. The first-order chi connectivity index (χ1) is 22.3. The van der Waals surface area contributed by atoms with Crippen molar-refractivity contribution in [2.45, 2.75) is 0 Å². The lowest BCUT2D eigenvalue weighted by molar-refractivity contribution is 0.667. The van der Waals surface area contributed by atoms with Crippen molar-refractivity contribution in [3.63, 3.8) is 0 Å². The molecule has 0 unspecified atom stereocenters. The van der Waals surface area contributed by atoms with Crippen molar-refractivity contribution in [3.8, 4) is 27.9 Å². The highest BCUT2D eigenvalue weighted by molar-refractivity contribution is 7.25. The molecule has 0 N–H and O–H groups in total. The zero-order valence-corrected chi connectivity index (χ0v) is 25.0. The molecule has 0 aliphatic rings. The van der Waals surface area contributed by atoms with Crippen molar-refractivity contribution in [2.75, 3.05) is 0 Å². The largest absolute Gasteiger partial charge is 0.453 e. The maximum absolute atomic E-state index is 7.01.